The summed E-state index contributed by atoms with van der Waals surface area (Å²) in [5.41, 5.74) is 3.21. The summed E-state index contributed by atoms with van der Waals surface area (Å²) in [6.07, 6.45) is 0.936. The monoisotopic (exact) mass is 302 g/mol. The van der Waals surface area contributed by atoms with Crippen LogP contribution in [0.25, 0.3) is 0 Å². The number of amides is 1. The van der Waals surface area contributed by atoms with E-state index in [0.29, 0.717) is 17.9 Å². The first-order valence-corrected chi connectivity index (χ1v) is 7.61. The summed E-state index contributed by atoms with van der Waals surface area (Å²) in [5.74, 6) is 0.514. The summed E-state index contributed by atoms with van der Waals surface area (Å²) in [6, 6.07) is 16.9. The van der Waals surface area contributed by atoms with E-state index in [9.17, 15) is 4.79 Å². The Hall–Kier alpha value is -1.98. The highest BCUT2D eigenvalue weighted by atomic mass is 32.2. The van der Waals surface area contributed by atoms with Gasteiger partial charge in [0.2, 0.25) is 0 Å². The van der Waals surface area contributed by atoms with Crippen molar-refractivity contribution < 1.29 is 9.53 Å². The normalized spacial score (nSPS) is 10.1. The number of ether oxygens (including phenoxy) is 1. The maximum absolute atomic E-state index is 12.0. The van der Waals surface area contributed by atoms with Gasteiger partial charge in [-0.3, -0.25) is 10.2 Å². The Labute approximate surface area is 129 Å². The first kappa shape index (κ1) is 15.4. The molecule has 4 nitrogen and oxygen atoms in total. The molecule has 0 aromatic heterocycles. The zero-order chi connectivity index (χ0) is 14.9. The lowest BCUT2D eigenvalue weighted by Crippen LogP contribution is -2.32. The molecular formula is C16H18N2O2S. The van der Waals surface area contributed by atoms with E-state index in [-0.39, 0.29) is 5.91 Å². The molecule has 1 amide bonds. The van der Waals surface area contributed by atoms with Crippen LogP contribution in [0.3, 0.4) is 0 Å². The van der Waals surface area contributed by atoms with Gasteiger partial charge in [-0.25, -0.2) is 0 Å². The van der Waals surface area contributed by atoms with Crippen LogP contribution in [-0.4, -0.2) is 12.5 Å². The average molecular weight is 302 g/mol. The predicted octanol–water partition coefficient (Wildman–Crippen LogP) is 3.42. The molecule has 0 bridgehead atoms. The smallest absolute Gasteiger partial charge is 0.266 e. The zero-order valence-electron chi connectivity index (χ0n) is 11.8. The van der Waals surface area contributed by atoms with Gasteiger partial charge in [0.15, 0.2) is 0 Å². The second kappa shape index (κ2) is 8.34. The first-order chi connectivity index (χ1) is 10.3. The lowest BCUT2D eigenvalue weighted by Gasteiger charge is -2.08. The maximum atomic E-state index is 12.0. The van der Waals surface area contributed by atoms with Crippen LogP contribution in [0.2, 0.25) is 0 Å². The van der Waals surface area contributed by atoms with Crippen molar-refractivity contribution in [2.75, 3.05) is 6.61 Å². The SMILES string of the molecule is CCCOc1cccc(C(=O)NNSc2ccccc2)c1. The lowest BCUT2D eigenvalue weighted by atomic mass is 10.2. The maximum Gasteiger partial charge on any atom is 0.266 e. The molecule has 2 N–H and O–H groups in total. The summed E-state index contributed by atoms with van der Waals surface area (Å²) in [7, 11) is 0. The van der Waals surface area contributed by atoms with Gasteiger partial charge in [0.1, 0.15) is 5.75 Å². The van der Waals surface area contributed by atoms with E-state index in [2.05, 4.69) is 10.3 Å². The van der Waals surface area contributed by atoms with Gasteiger partial charge in [-0.2, -0.15) is 4.83 Å². The Morgan fingerprint density at radius 3 is 2.71 bits per heavy atom. The summed E-state index contributed by atoms with van der Waals surface area (Å²) >= 11 is 1.35. The molecule has 2 aromatic rings. The van der Waals surface area contributed by atoms with Crippen LogP contribution < -0.4 is 15.0 Å². The Morgan fingerprint density at radius 2 is 1.95 bits per heavy atom. The van der Waals surface area contributed by atoms with Crippen LogP contribution in [0.15, 0.2) is 59.5 Å². The number of hydrogen-bond donors (Lipinski definition) is 2. The summed E-state index contributed by atoms with van der Waals surface area (Å²) < 4.78 is 5.51. The van der Waals surface area contributed by atoms with E-state index in [1.54, 1.807) is 12.1 Å². The first-order valence-electron chi connectivity index (χ1n) is 6.79. The van der Waals surface area contributed by atoms with Crippen molar-refractivity contribution >= 4 is 17.9 Å². The van der Waals surface area contributed by atoms with Crippen molar-refractivity contribution in [2.24, 2.45) is 0 Å². The van der Waals surface area contributed by atoms with Crippen molar-refractivity contribution in [3.8, 4) is 5.75 Å². The van der Waals surface area contributed by atoms with Gasteiger partial charge in [-0.15, -0.1) is 0 Å². The molecule has 5 heteroatoms. The lowest BCUT2D eigenvalue weighted by molar-refractivity contribution is 0.0946. The molecule has 110 valence electrons. The Morgan fingerprint density at radius 1 is 1.14 bits per heavy atom. The topological polar surface area (TPSA) is 50.4 Å². The average Bonchev–Trinajstić information content (AvgIpc) is 2.54. The Kier molecular flexibility index (Phi) is 6.12. The fourth-order valence-corrected chi connectivity index (χ4v) is 2.19. The molecule has 0 atom stereocenters. The van der Waals surface area contributed by atoms with Crippen LogP contribution in [0.1, 0.15) is 23.7 Å². The summed E-state index contributed by atoms with van der Waals surface area (Å²) in [6.45, 7) is 2.69. The summed E-state index contributed by atoms with van der Waals surface area (Å²) in [5, 5.41) is 0. The van der Waals surface area contributed by atoms with E-state index < -0.39 is 0 Å². The Balaban J connectivity index is 1.85. The van der Waals surface area contributed by atoms with Gasteiger partial charge in [0.05, 0.1) is 6.61 Å². The van der Waals surface area contributed by atoms with E-state index in [0.717, 1.165) is 11.3 Å². The molecule has 0 fully saturated rings. The number of hydrogen-bond acceptors (Lipinski definition) is 4. The molecule has 0 unspecified atom stereocenters. The van der Waals surface area contributed by atoms with Crippen molar-refractivity contribution in [1.82, 2.24) is 10.3 Å². The third-order valence-electron chi connectivity index (χ3n) is 2.65. The van der Waals surface area contributed by atoms with Crippen LogP contribution >= 0.6 is 11.9 Å². The van der Waals surface area contributed by atoms with Crippen molar-refractivity contribution in [2.45, 2.75) is 18.2 Å². The van der Waals surface area contributed by atoms with Gasteiger partial charge in [0.25, 0.3) is 5.91 Å². The second-order valence-electron chi connectivity index (χ2n) is 4.35. The van der Waals surface area contributed by atoms with Gasteiger partial charge in [-0.1, -0.05) is 31.2 Å². The molecule has 0 aliphatic heterocycles. The van der Waals surface area contributed by atoms with Crippen molar-refractivity contribution in [1.29, 1.82) is 0 Å². The Bertz CT molecular complexity index is 575. The van der Waals surface area contributed by atoms with E-state index >= 15 is 0 Å². The van der Waals surface area contributed by atoms with Crippen LogP contribution in [0, 0.1) is 0 Å². The molecule has 0 aliphatic carbocycles. The van der Waals surface area contributed by atoms with Crippen molar-refractivity contribution in [3.05, 3.63) is 60.2 Å². The number of nitrogens with one attached hydrogen (secondary N) is 2. The minimum Gasteiger partial charge on any atom is -0.494 e. The van der Waals surface area contributed by atoms with Gasteiger partial charge >= 0.3 is 0 Å². The number of carbonyl (C=O) groups is 1. The molecule has 0 saturated carbocycles. The number of rotatable bonds is 7. The minimum absolute atomic E-state index is 0.194. The van der Waals surface area contributed by atoms with Gasteiger partial charge in [0, 0.05) is 10.5 Å². The quantitative estimate of drug-likeness (QED) is 0.608. The highest BCUT2D eigenvalue weighted by Crippen LogP contribution is 2.14. The van der Waals surface area contributed by atoms with Gasteiger partial charge in [-0.05, 0) is 48.7 Å². The summed E-state index contributed by atoms with van der Waals surface area (Å²) in [4.78, 5) is 15.9. The highest BCUT2D eigenvalue weighted by molar-refractivity contribution is 7.97. The largest absolute Gasteiger partial charge is 0.494 e. The number of benzene rings is 2. The minimum atomic E-state index is -0.194. The van der Waals surface area contributed by atoms with Crippen LogP contribution in [-0.2, 0) is 0 Å². The fourth-order valence-electron chi connectivity index (χ4n) is 1.64. The number of hydrazine groups is 1. The molecule has 2 rings (SSSR count). The third-order valence-corrected chi connectivity index (χ3v) is 3.36. The van der Waals surface area contributed by atoms with E-state index in [4.69, 9.17) is 4.74 Å². The molecule has 2 aromatic carbocycles. The van der Waals surface area contributed by atoms with E-state index in [1.807, 2.05) is 49.4 Å². The molecule has 0 radical (unpaired) electrons. The molecule has 21 heavy (non-hydrogen) atoms. The molecule has 0 saturated heterocycles. The highest BCUT2D eigenvalue weighted by Gasteiger charge is 2.06. The number of carbonyl (C=O) groups excluding carboxylic acids is 1. The standard InChI is InChI=1S/C16H18N2O2S/c1-2-11-20-14-8-6-7-13(12-14)16(19)17-18-21-15-9-4-3-5-10-15/h3-10,12,18H,2,11H2,1H3,(H,17,19). The molecular weight excluding hydrogens is 284 g/mol. The van der Waals surface area contributed by atoms with Gasteiger partial charge < -0.3 is 4.74 Å². The molecule has 0 spiro atoms. The third kappa shape index (κ3) is 5.13. The molecule has 0 aliphatic rings. The zero-order valence-corrected chi connectivity index (χ0v) is 12.7. The van der Waals surface area contributed by atoms with Crippen molar-refractivity contribution in [3.63, 3.8) is 0 Å². The van der Waals surface area contributed by atoms with Crippen LogP contribution in [0.4, 0.5) is 0 Å². The van der Waals surface area contributed by atoms with E-state index in [1.165, 1.54) is 11.9 Å². The predicted molar refractivity (Wildman–Crippen MR) is 85.1 cm³/mol. The second-order valence-corrected chi connectivity index (χ2v) is 5.23. The molecule has 0 heterocycles. The van der Waals surface area contributed by atoms with Crippen LogP contribution in [0.5, 0.6) is 5.75 Å². The fraction of sp³-hybridized carbons (Fsp3) is 0.188.